The second kappa shape index (κ2) is 4.11. The smallest absolute Gasteiger partial charge is 0.0295 e. The fourth-order valence-electron chi connectivity index (χ4n) is 4.01. The van der Waals surface area contributed by atoms with Gasteiger partial charge in [-0.05, 0) is 55.3 Å². The lowest BCUT2D eigenvalue weighted by Crippen LogP contribution is -2.16. The summed E-state index contributed by atoms with van der Waals surface area (Å²) in [6.07, 6.45) is 13.6. The molecule has 0 aliphatic heterocycles. The van der Waals surface area contributed by atoms with E-state index in [-0.39, 0.29) is 0 Å². The molecule has 0 bridgehead atoms. The van der Waals surface area contributed by atoms with Crippen LogP contribution in [0.15, 0.2) is 0 Å². The van der Waals surface area contributed by atoms with Gasteiger partial charge in [0.1, 0.15) is 0 Å². The molecule has 2 rings (SSSR count). The Labute approximate surface area is 95.8 Å². The van der Waals surface area contributed by atoms with Gasteiger partial charge in [0.15, 0.2) is 0 Å². The van der Waals surface area contributed by atoms with E-state index in [2.05, 4.69) is 20.8 Å². The SMILES string of the molecule is CCC(C)(C)CC1CCC2(CCCC2)C1. The molecule has 2 aliphatic carbocycles. The summed E-state index contributed by atoms with van der Waals surface area (Å²) in [6, 6.07) is 0. The first-order valence-corrected chi connectivity index (χ1v) is 7.05. The van der Waals surface area contributed by atoms with Crippen LogP contribution in [-0.4, -0.2) is 0 Å². The van der Waals surface area contributed by atoms with Gasteiger partial charge in [-0.25, -0.2) is 0 Å². The minimum Gasteiger partial charge on any atom is -0.0649 e. The zero-order valence-electron chi connectivity index (χ0n) is 10.9. The van der Waals surface area contributed by atoms with E-state index in [1.807, 2.05) is 0 Å². The summed E-state index contributed by atoms with van der Waals surface area (Å²) in [5, 5.41) is 0. The number of hydrogen-bond donors (Lipinski definition) is 0. The molecule has 88 valence electrons. The second-order valence-corrected chi connectivity index (χ2v) is 7.04. The van der Waals surface area contributed by atoms with Gasteiger partial charge in [0.05, 0.1) is 0 Å². The van der Waals surface area contributed by atoms with Crippen molar-refractivity contribution in [2.75, 3.05) is 0 Å². The maximum absolute atomic E-state index is 2.45. The van der Waals surface area contributed by atoms with Crippen molar-refractivity contribution >= 4 is 0 Å². The van der Waals surface area contributed by atoms with Gasteiger partial charge in [-0.1, -0.05) is 40.0 Å². The highest BCUT2D eigenvalue weighted by Crippen LogP contribution is 2.54. The van der Waals surface area contributed by atoms with Crippen LogP contribution >= 0.6 is 0 Å². The fourth-order valence-corrected chi connectivity index (χ4v) is 4.01. The van der Waals surface area contributed by atoms with E-state index < -0.39 is 0 Å². The third kappa shape index (κ3) is 2.57. The van der Waals surface area contributed by atoms with Crippen molar-refractivity contribution in [3.05, 3.63) is 0 Å². The Kier molecular flexibility index (Phi) is 3.14. The van der Waals surface area contributed by atoms with Crippen LogP contribution in [0.25, 0.3) is 0 Å². The van der Waals surface area contributed by atoms with Gasteiger partial charge in [0.25, 0.3) is 0 Å². The normalized spacial score (nSPS) is 30.2. The summed E-state index contributed by atoms with van der Waals surface area (Å²) in [6.45, 7) is 7.25. The van der Waals surface area contributed by atoms with E-state index in [9.17, 15) is 0 Å². The van der Waals surface area contributed by atoms with Gasteiger partial charge in [-0.2, -0.15) is 0 Å². The van der Waals surface area contributed by atoms with Crippen LogP contribution in [0, 0.1) is 16.7 Å². The van der Waals surface area contributed by atoms with Gasteiger partial charge in [0, 0.05) is 0 Å². The highest BCUT2D eigenvalue weighted by atomic mass is 14.5. The summed E-state index contributed by atoms with van der Waals surface area (Å²) in [7, 11) is 0. The van der Waals surface area contributed by atoms with E-state index in [1.54, 1.807) is 25.7 Å². The van der Waals surface area contributed by atoms with Crippen molar-refractivity contribution in [3.8, 4) is 0 Å². The molecule has 0 aromatic heterocycles. The van der Waals surface area contributed by atoms with Crippen LogP contribution in [0.1, 0.15) is 78.6 Å². The average Bonchev–Trinajstić information content (AvgIpc) is 2.78. The molecule has 0 heteroatoms. The van der Waals surface area contributed by atoms with Crippen molar-refractivity contribution in [1.29, 1.82) is 0 Å². The summed E-state index contributed by atoms with van der Waals surface area (Å²) < 4.78 is 0. The molecule has 1 atom stereocenters. The van der Waals surface area contributed by atoms with Crippen LogP contribution in [0.5, 0.6) is 0 Å². The molecule has 0 amide bonds. The number of rotatable bonds is 3. The fraction of sp³-hybridized carbons (Fsp3) is 1.00. The largest absolute Gasteiger partial charge is 0.0649 e. The van der Waals surface area contributed by atoms with Gasteiger partial charge in [-0.3, -0.25) is 0 Å². The first-order valence-electron chi connectivity index (χ1n) is 7.05. The molecule has 0 nitrogen and oxygen atoms in total. The average molecular weight is 208 g/mol. The molecule has 0 aromatic rings. The Balaban J connectivity index is 1.87. The van der Waals surface area contributed by atoms with E-state index in [1.165, 1.54) is 32.1 Å². The Morgan fingerprint density at radius 1 is 1.13 bits per heavy atom. The monoisotopic (exact) mass is 208 g/mol. The molecular weight excluding hydrogens is 180 g/mol. The molecule has 15 heavy (non-hydrogen) atoms. The third-order valence-electron chi connectivity index (χ3n) is 5.27. The summed E-state index contributed by atoms with van der Waals surface area (Å²) in [5.74, 6) is 1.05. The van der Waals surface area contributed by atoms with Crippen LogP contribution in [0.3, 0.4) is 0 Å². The van der Waals surface area contributed by atoms with Crippen molar-refractivity contribution in [2.24, 2.45) is 16.7 Å². The predicted molar refractivity (Wildman–Crippen MR) is 66.9 cm³/mol. The van der Waals surface area contributed by atoms with Crippen LogP contribution < -0.4 is 0 Å². The Morgan fingerprint density at radius 3 is 2.40 bits per heavy atom. The summed E-state index contributed by atoms with van der Waals surface area (Å²) in [5.41, 5.74) is 1.42. The molecule has 2 fully saturated rings. The van der Waals surface area contributed by atoms with E-state index >= 15 is 0 Å². The number of hydrogen-bond acceptors (Lipinski definition) is 0. The molecule has 1 spiro atoms. The predicted octanol–water partition coefficient (Wildman–Crippen LogP) is 5.17. The molecule has 1 unspecified atom stereocenters. The maximum atomic E-state index is 2.45. The minimum atomic E-state index is 0.592. The van der Waals surface area contributed by atoms with Gasteiger partial charge in [-0.15, -0.1) is 0 Å². The lowest BCUT2D eigenvalue weighted by atomic mass is 9.77. The zero-order valence-corrected chi connectivity index (χ0v) is 10.9. The lowest BCUT2D eigenvalue weighted by Gasteiger charge is -2.28. The van der Waals surface area contributed by atoms with Gasteiger partial charge < -0.3 is 0 Å². The third-order valence-corrected chi connectivity index (χ3v) is 5.27. The second-order valence-electron chi connectivity index (χ2n) is 7.04. The van der Waals surface area contributed by atoms with Gasteiger partial charge in [0.2, 0.25) is 0 Å². The van der Waals surface area contributed by atoms with Crippen LogP contribution in [0.2, 0.25) is 0 Å². The van der Waals surface area contributed by atoms with Crippen LogP contribution in [-0.2, 0) is 0 Å². The summed E-state index contributed by atoms with van der Waals surface area (Å²) in [4.78, 5) is 0. The highest BCUT2D eigenvalue weighted by molar-refractivity contribution is 4.93. The topological polar surface area (TPSA) is 0 Å². The van der Waals surface area contributed by atoms with Crippen LogP contribution in [0.4, 0.5) is 0 Å². The first-order chi connectivity index (χ1) is 7.05. The maximum Gasteiger partial charge on any atom is -0.0295 e. The Bertz CT molecular complexity index is 208. The minimum absolute atomic E-state index is 0.592. The molecule has 0 N–H and O–H groups in total. The molecule has 2 saturated carbocycles. The van der Waals surface area contributed by atoms with E-state index in [0.717, 1.165) is 11.3 Å². The van der Waals surface area contributed by atoms with Crippen molar-refractivity contribution in [3.63, 3.8) is 0 Å². The standard InChI is InChI=1S/C15H28/c1-4-14(2,3)11-13-7-10-15(12-13)8-5-6-9-15/h13H,4-12H2,1-3H3. The molecular formula is C15H28. The summed E-state index contributed by atoms with van der Waals surface area (Å²) >= 11 is 0. The van der Waals surface area contributed by atoms with E-state index in [0.29, 0.717) is 5.41 Å². The Hall–Kier alpha value is 0. The highest BCUT2D eigenvalue weighted by Gasteiger charge is 2.41. The molecule has 0 saturated heterocycles. The van der Waals surface area contributed by atoms with E-state index in [4.69, 9.17) is 0 Å². The van der Waals surface area contributed by atoms with Crippen molar-refractivity contribution in [2.45, 2.75) is 78.6 Å². The molecule has 2 aliphatic rings. The van der Waals surface area contributed by atoms with Crippen molar-refractivity contribution < 1.29 is 0 Å². The van der Waals surface area contributed by atoms with Crippen molar-refractivity contribution in [1.82, 2.24) is 0 Å². The molecule has 0 heterocycles. The quantitative estimate of drug-likeness (QED) is 0.600. The van der Waals surface area contributed by atoms with Gasteiger partial charge >= 0.3 is 0 Å². The molecule has 0 radical (unpaired) electrons. The lowest BCUT2D eigenvalue weighted by molar-refractivity contribution is 0.232. The first kappa shape index (κ1) is 11.5. The Morgan fingerprint density at radius 2 is 1.80 bits per heavy atom. The zero-order chi connectivity index (χ0) is 10.9. The molecule has 0 aromatic carbocycles.